The first-order chi connectivity index (χ1) is 16.0. The van der Waals surface area contributed by atoms with E-state index in [0.29, 0.717) is 29.0 Å². The lowest BCUT2D eigenvalue weighted by Gasteiger charge is -2.56. The van der Waals surface area contributed by atoms with E-state index in [1.54, 1.807) is 11.1 Å². The number of phenolic OH excluding ortho intramolecular Hbond substituents is 1. The summed E-state index contributed by atoms with van der Waals surface area (Å²) in [6.45, 7) is 4.90. The highest BCUT2D eigenvalue weighted by atomic mass is 35.5. The highest BCUT2D eigenvalue weighted by molar-refractivity contribution is 6.34. The number of amides is 1. The SMILES string of the molecule is O=C1CCCN1c1ccc(-c2cccc(-c3ccnc(N4CC5(CNC5)C4)c3)c2O)cc1Cl. The van der Waals surface area contributed by atoms with Crippen LogP contribution in [0.15, 0.2) is 54.7 Å². The molecule has 0 saturated carbocycles. The van der Waals surface area contributed by atoms with Crippen molar-refractivity contribution < 1.29 is 9.90 Å². The molecule has 2 N–H and O–H groups in total. The molecular formula is C26H25ClN4O2. The number of phenols is 1. The summed E-state index contributed by atoms with van der Waals surface area (Å²) in [5.74, 6) is 1.25. The van der Waals surface area contributed by atoms with Gasteiger partial charge in [0.15, 0.2) is 0 Å². The summed E-state index contributed by atoms with van der Waals surface area (Å²) in [5.41, 5.74) is 4.35. The lowest BCUT2D eigenvalue weighted by molar-refractivity contribution is -0.117. The van der Waals surface area contributed by atoms with E-state index in [0.717, 1.165) is 60.8 Å². The summed E-state index contributed by atoms with van der Waals surface area (Å²) >= 11 is 6.56. The minimum Gasteiger partial charge on any atom is -0.507 e. The largest absolute Gasteiger partial charge is 0.507 e. The molecule has 168 valence electrons. The summed E-state index contributed by atoms with van der Waals surface area (Å²) in [5, 5.41) is 15.1. The van der Waals surface area contributed by atoms with Gasteiger partial charge in [-0.25, -0.2) is 4.98 Å². The van der Waals surface area contributed by atoms with E-state index in [-0.39, 0.29) is 11.7 Å². The Kier molecular flexibility index (Phi) is 4.82. The van der Waals surface area contributed by atoms with E-state index >= 15 is 0 Å². The molecule has 4 heterocycles. The number of hydrogen-bond donors (Lipinski definition) is 2. The van der Waals surface area contributed by atoms with Crippen molar-refractivity contribution in [2.75, 3.05) is 42.5 Å². The van der Waals surface area contributed by atoms with E-state index < -0.39 is 0 Å². The molecule has 33 heavy (non-hydrogen) atoms. The molecule has 6 rings (SSSR count). The van der Waals surface area contributed by atoms with Crippen LogP contribution in [-0.4, -0.2) is 48.7 Å². The molecule has 1 amide bonds. The summed E-state index contributed by atoms with van der Waals surface area (Å²) in [7, 11) is 0. The van der Waals surface area contributed by atoms with Gasteiger partial charge in [-0.15, -0.1) is 0 Å². The molecule has 0 aliphatic carbocycles. The number of carbonyl (C=O) groups excluding carboxylic acids is 1. The number of halogens is 1. The van der Waals surface area contributed by atoms with Crippen LogP contribution >= 0.6 is 11.6 Å². The van der Waals surface area contributed by atoms with Crippen LogP contribution in [0, 0.1) is 5.41 Å². The number of carbonyl (C=O) groups is 1. The first-order valence-electron chi connectivity index (χ1n) is 11.4. The third-order valence-electron chi connectivity index (χ3n) is 7.09. The predicted molar refractivity (Wildman–Crippen MR) is 131 cm³/mol. The van der Waals surface area contributed by atoms with Gasteiger partial charge in [0.1, 0.15) is 11.6 Å². The topological polar surface area (TPSA) is 68.7 Å². The van der Waals surface area contributed by atoms with Gasteiger partial charge in [-0.1, -0.05) is 35.9 Å². The predicted octanol–water partition coefficient (Wildman–Crippen LogP) is 4.31. The molecule has 3 aliphatic heterocycles. The van der Waals surface area contributed by atoms with Crippen LogP contribution in [0.5, 0.6) is 5.75 Å². The van der Waals surface area contributed by atoms with Crippen LogP contribution in [-0.2, 0) is 4.79 Å². The van der Waals surface area contributed by atoms with E-state index in [1.165, 1.54) is 0 Å². The number of nitrogens with one attached hydrogen (secondary N) is 1. The Labute approximate surface area is 197 Å². The van der Waals surface area contributed by atoms with Gasteiger partial charge in [0.25, 0.3) is 0 Å². The van der Waals surface area contributed by atoms with Gasteiger partial charge in [0.05, 0.1) is 10.7 Å². The maximum absolute atomic E-state index is 12.1. The Morgan fingerprint density at radius 3 is 2.42 bits per heavy atom. The van der Waals surface area contributed by atoms with Crippen LogP contribution < -0.4 is 15.1 Å². The fourth-order valence-corrected chi connectivity index (χ4v) is 5.47. The van der Waals surface area contributed by atoms with Crippen molar-refractivity contribution in [3.8, 4) is 28.0 Å². The lowest BCUT2D eigenvalue weighted by Crippen LogP contribution is -2.71. The van der Waals surface area contributed by atoms with Gasteiger partial charge in [0, 0.05) is 61.9 Å². The second-order valence-corrected chi connectivity index (χ2v) is 9.79. The van der Waals surface area contributed by atoms with Crippen LogP contribution in [0.1, 0.15) is 12.8 Å². The molecular weight excluding hydrogens is 436 g/mol. The van der Waals surface area contributed by atoms with Gasteiger partial charge < -0.3 is 20.2 Å². The van der Waals surface area contributed by atoms with Gasteiger partial charge in [-0.3, -0.25) is 4.79 Å². The average Bonchev–Trinajstić information content (AvgIpc) is 3.18. The third-order valence-corrected chi connectivity index (χ3v) is 7.39. The summed E-state index contributed by atoms with van der Waals surface area (Å²) in [4.78, 5) is 20.7. The van der Waals surface area contributed by atoms with E-state index in [2.05, 4.69) is 15.2 Å². The normalized spacial score (nSPS) is 19.0. The summed E-state index contributed by atoms with van der Waals surface area (Å²) in [6, 6.07) is 15.3. The molecule has 6 nitrogen and oxygen atoms in total. The van der Waals surface area contributed by atoms with Crippen molar-refractivity contribution >= 4 is 29.0 Å². The fraction of sp³-hybridized carbons (Fsp3) is 0.308. The maximum Gasteiger partial charge on any atom is 0.227 e. The molecule has 0 bridgehead atoms. The number of para-hydroxylation sites is 1. The average molecular weight is 461 g/mol. The van der Waals surface area contributed by atoms with E-state index in [9.17, 15) is 9.90 Å². The van der Waals surface area contributed by atoms with Crippen molar-refractivity contribution in [3.63, 3.8) is 0 Å². The Morgan fingerprint density at radius 1 is 1.03 bits per heavy atom. The third kappa shape index (κ3) is 3.45. The van der Waals surface area contributed by atoms with Crippen LogP contribution in [0.2, 0.25) is 5.02 Å². The standard InChI is InChI=1S/C26H25ClN4O2/c27-21-11-17(6-7-22(21)31-10-2-5-24(31)32)19-3-1-4-20(25(19)33)18-8-9-29-23(12-18)30-15-26(16-30)13-28-14-26/h1,3-4,6-9,11-12,28,33H,2,5,10,13-16H2. The zero-order valence-corrected chi connectivity index (χ0v) is 19.0. The number of aromatic nitrogens is 1. The number of hydrogen-bond acceptors (Lipinski definition) is 5. The molecule has 7 heteroatoms. The van der Waals surface area contributed by atoms with Crippen molar-refractivity contribution in [2.45, 2.75) is 12.8 Å². The Morgan fingerprint density at radius 2 is 1.79 bits per heavy atom. The molecule has 0 atom stereocenters. The van der Waals surface area contributed by atoms with E-state index in [1.807, 2.05) is 48.5 Å². The zero-order valence-electron chi connectivity index (χ0n) is 18.2. The number of nitrogens with zero attached hydrogens (tertiary/aromatic N) is 3. The van der Waals surface area contributed by atoms with Gasteiger partial charge in [0.2, 0.25) is 5.91 Å². The van der Waals surface area contributed by atoms with Gasteiger partial charge in [-0.2, -0.15) is 0 Å². The smallest absolute Gasteiger partial charge is 0.227 e. The Bertz CT molecular complexity index is 1250. The highest BCUT2D eigenvalue weighted by Gasteiger charge is 2.47. The molecule has 3 saturated heterocycles. The summed E-state index contributed by atoms with van der Waals surface area (Å²) in [6.07, 6.45) is 3.21. The number of benzene rings is 2. The van der Waals surface area contributed by atoms with Crippen LogP contribution in [0.4, 0.5) is 11.5 Å². The Hall–Kier alpha value is -3.09. The summed E-state index contributed by atoms with van der Waals surface area (Å²) < 4.78 is 0. The lowest BCUT2D eigenvalue weighted by atomic mass is 9.74. The minimum atomic E-state index is 0.102. The fourth-order valence-electron chi connectivity index (χ4n) is 5.19. The minimum absolute atomic E-state index is 0.102. The highest BCUT2D eigenvalue weighted by Crippen LogP contribution is 2.42. The zero-order chi connectivity index (χ0) is 22.6. The quantitative estimate of drug-likeness (QED) is 0.607. The number of aromatic hydroxyl groups is 1. The molecule has 0 radical (unpaired) electrons. The van der Waals surface area contributed by atoms with Crippen molar-refractivity contribution in [3.05, 3.63) is 59.8 Å². The van der Waals surface area contributed by atoms with Gasteiger partial charge in [-0.05, 0) is 41.8 Å². The Balaban J connectivity index is 1.30. The van der Waals surface area contributed by atoms with Crippen molar-refractivity contribution in [1.82, 2.24) is 10.3 Å². The first kappa shape index (κ1) is 20.5. The number of rotatable bonds is 4. The maximum atomic E-state index is 12.1. The van der Waals surface area contributed by atoms with Crippen molar-refractivity contribution in [1.29, 1.82) is 0 Å². The molecule has 1 aromatic heterocycles. The molecule has 3 aliphatic rings. The molecule has 0 unspecified atom stereocenters. The van der Waals surface area contributed by atoms with E-state index in [4.69, 9.17) is 11.6 Å². The molecule has 1 spiro atoms. The molecule has 3 aromatic rings. The van der Waals surface area contributed by atoms with Crippen LogP contribution in [0.3, 0.4) is 0 Å². The second-order valence-electron chi connectivity index (χ2n) is 9.38. The second kappa shape index (κ2) is 7.75. The van der Waals surface area contributed by atoms with Crippen molar-refractivity contribution in [2.24, 2.45) is 5.41 Å². The van der Waals surface area contributed by atoms with Crippen LogP contribution in [0.25, 0.3) is 22.3 Å². The molecule has 2 aromatic carbocycles. The monoisotopic (exact) mass is 460 g/mol. The van der Waals surface area contributed by atoms with Gasteiger partial charge >= 0.3 is 0 Å². The number of anilines is 2. The molecule has 3 fully saturated rings. The first-order valence-corrected chi connectivity index (χ1v) is 11.8. The number of pyridine rings is 1.